The maximum Gasteiger partial charge on any atom is 0.125 e. The van der Waals surface area contributed by atoms with Gasteiger partial charge in [0, 0.05) is 10.6 Å². The second-order valence-corrected chi connectivity index (χ2v) is 5.18. The summed E-state index contributed by atoms with van der Waals surface area (Å²) < 4.78 is 11.1. The van der Waals surface area contributed by atoms with Gasteiger partial charge in [0.15, 0.2) is 0 Å². The molecule has 2 rings (SSSR count). The monoisotopic (exact) mass is 301 g/mol. The highest BCUT2D eigenvalue weighted by Crippen LogP contribution is 2.27. The minimum Gasteiger partial charge on any atom is -0.496 e. The van der Waals surface area contributed by atoms with Gasteiger partial charge in [-0.15, -0.1) is 0 Å². The van der Waals surface area contributed by atoms with Crippen LogP contribution in [0.5, 0.6) is 11.5 Å². The molecule has 0 amide bonds. The molecule has 108 valence electrons. The van der Waals surface area contributed by atoms with E-state index in [-0.39, 0.29) is 0 Å². The van der Waals surface area contributed by atoms with Crippen molar-refractivity contribution in [1.29, 1.82) is 5.26 Å². The Morgan fingerprint density at radius 3 is 2.38 bits per heavy atom. The molecule has 0 heterocycles. The molecule has 0 atom stereocenters. The number of benzene rings is 2. The molecule has 4 heteroatoms. The minimum atomic E-state index is 0.333. The van der Waals surface area contributed by atoms with Crippen LogP contribution in [0.4, 0.5) is 0 Å². The number of halogens is 1. The van der Waals surface area contributed by atoms with Gasteiger partial charge in [0.1, 0.15) is 18.1 Å². The number of nitriles is 1. The largest absolute Gasteiger partial charge is 0.496 e. The van der Waals surface area contributed by atoms with Crippen LogP contribution in [0.1, 0.15) is 22.3 Å². The summed E-state index contributed by atoms with van der Waals surface area (Å²) in [7, 11) is 1.60. The predicted molar refractivity (Wildman–Crippen MR) is 83.0 cm³/mol. The van der Waals surface area contributed by atoms with Crippen molar-refractivity contribution in [3.63, 3.8) is 0 Å². The molecule has 2 aromatic carbocycles. The molecule has 0 aliphatic heterocycles. The lowest BCUT2D eigenvalue weighted by Gasteiger charge is -2.12. The Morgan fingerprint density at radius 2 is 1.81 bits per heavy atom. The highest BCUT2D eigenvalue weighted by atomic mass is 35.5. The van der Waals surface area contributed by atoms with Gasteiger partial charge in [0.2, 0.25) is 0 Å². The van der Waals surface area contributed by atoms with Crippen LogP contribution in [0, 0.1) is 25.2 Å². The van der Waals surface area contributed by atoms with Gasteiger partial charge in [-0.05, 0) is 55.3 Å². The first-order valence-electron chi connectivity index (χ1n) is 6.51. The lowest BCUT2D eigenvalue weighted by molar-refractivity contribution is 0.296. The Kier molecular flexibility index (Phi) is 4.72. The van der Waals surface area contributed by atoms with Gasteiger partial charge in [0.05, 0.1) is 18.7 Å². The van der Waals surface area contributed by atoms with Crippen LogP contribution in [0.2, 0.25) is 5.02 Å². The second-order valence-electron chi connectivity index (χ2n) is 4.80. The average molecular weight is 302 g/mol. The molecule has 0 spiro atoms. The first-order chi connectivity index (χ1) is 10.0. The standard InChI is InChI=1S/C17H16ClNO2/c1-11-6-15(7-12(2)17(11)18)21-10-14-8-13(9-19)4-5-16(14)20-3/h4-8H,10H2,1-3H3. The predicted octanol–water partition coefficient (Wildman–Crippen LogP) is 4.42. The molecule has 0 bridgehead atoms. The van der Waals surface area contributed by atoms with E-state index >= 15 is 0 Å². The maximum atomic E-state index is 8.97. The molecule has 0 aromatic heterocycles. The van der Waals surface area contributed by atoms with Gasteiger partial charge in [-0.1, -0.05) is 11.6 Å². The van der Waals surface area contributed by atoms with Gasteiger partial charge in [-0.2, -0.15) is 5.26 Å². The Bertz CT molecular complexity index is 681. The quantitative estimate of drug-likeness (QED) is 0.839. The van der Waals surface area contributed by atoms with Crippen molar-refractivity contribution >= 4 is 11.6 Å². The van der Waals surface area contributed by atoms with Crippen molar-refractivity contribution in [3.8, 4) is 17.6 Å². The number of hydrogen-bond acceptors (Lipinski definition) is 3. The molecule has 0 saturated carbocycles. The van der Waals surface area contributed by atoms with E-state index in [2.05, 4.69) is 6.07 Å². The molecule has 0 unspecified atom stereocenters. The van der Waals surface area contributed by atoms with Gasteiger partial charge >= 0.3 is 0 Å². The summed E-state index contributed by atoms with van der Waals surface area (Å²) in [6.45, 7) is 4.22. The Balaban J connectivity index is 2.22. The smallest absolute Gasteiger partial charge is 0.125 e. The number of rotatable bonds is 4. The lowest BCUT2D eigenvalue weighted by Crippen LogP contribution is -2.00. The van der Waals surface area contributed by atoms with E-state index in [1.54, 1.807) is 25.3 Å². The van der Waals surface area contributed by atoms with E-state index in [1.807, 2.05) is 26.0 Å². The molecular formula is C17H16ClNO2. The van der Waals surface area contributed by atoms with Crippen LogP contribution in [-0.2, 0) is 6.61 Å². The van der Waals surface area contributed by atoms with Gasteiger partial charge in [0.25, 0.3) is 0 Å². The third-order valence-electron chi connectivity index (χ3n) is 3.21. The third kappa shape index (κ3) is 3.48. The van der Waals surface area contributed by atoms with Crippen LogP contribution in [0.15, 0.2) is 30.3 Å². The highest BCUT2D eigenvalue weighted by Gasteiger charge is 2.08. The molecule has 0 N–H and O–H groups in total. The van der Waals surface area contributed by atoms with E-state index in [4.69, 9.17) is 26.3 Å². The van der Waals surface area contributed by atoms with Crippen LogP contribution in [0.3, 0.4) is 0 Å². The number of aryl methyl sites for hydroxylation is 2. The average Bonchev–Trinajstić information content (AvgIpc) is 2.50. The number of hydrogen-bond donors (Lipinski definition) is 0. The van der Waals surface area contributed by atoms with Crippen molar-refractivity contribution < 1.29 is 9.47 Å². The summed E-state index contributed by atoms with van der Waals surface area (Å²) in [4.78, 5) is 0. The normalized spacial score (nSPS) is 10.0. The fraction of sp³-hybridized carbons (Fsp3) is 0.235. The van der Waals surface area contributed by atoms with Crippen LogP contribution < -0.4 is 9.47 Å². The summed E-state index contributed by atoms with van der Waals surface area (Å²) in [6.07, 6.45) is 0. The van der Waals surface area contributed by atoms with E-state index in [0.29, 0.717) is 17.9 Å². The second kappa shape index (κ2) is 6.51. The van der Waals surface area contributed by atoms with Crippen molar-refractivity contribution in [3.05, 3.63) is 57.6 Å². The topological polar surface area (TPSA) is 42.2 Å². The summed E-state index contributed by atoms with van der Waals surface area (Å²) >= 11 is 6.14. The van der Waals surface area contributed by atoms with E-state index in [9.17, 15) is 0 Å². The van der Waals surface area contributed by atoms with Crippen LogP contribution in [-0.4, -0.2) is 7.11 Å². The summed E-state index contributed by atoms with van der Waals surface area (Å²) in [5.74, 6) is 1.45. The van der Waals surface area contributed by atoms with Gasteiger partial charge < -0.3 is 9.47 Å². The Labute approximate surface area is 129 Å². The summed E-state index contributed by atoms with van der Waals surface area (Å²) in [6, 6.07) is 11.2. The summed E-state index contributed by atoms with van der Waals surface area (Å²) in [5, 5.41) is 9.72. The maximum absolute atomic E-state index is 8.97. The van der Waals surface area contributed by atoms with E-state index in [0.717, 1.165) is 27.5 Å². The zero-order valence-electron chi connectivity index (χ0n) is 12.2. The number of methoxy groups -OCH3 is 1. The Hall–Kier alpha value is -2.18. The van der Waals surface area contributed by atoms with Gasteiger partial charge in [-0.25, -0.2) is 0 Å². The van der Waals surface area contributed by atoms with Crippen molar-refractivity contribution in [1.82, 2.24) is 0 Å². The Morgan fingerprint density at radius 1 is 1.14 bits per heavy atom. The fourth-order valence-corrected chi connectivity index (χ4v) is 2.22. The molecule has 0 fully saturated rings. The highest BCUT2D eigenvalue weighted by molar-refractivity contribution is 6.32. The molecule has 0 radical (unpaired) electrons. The molecule has 3 nitrogen and oxygen atoms in total. The van der Waals surface area contributed by atoms with Crippen LogP contribution >= 0.6 is 11.6 Å². The molecule has 21 heavy (non-hydrogen) atoms. The zero-order valence-corrected chi connectivity index (χ0v) is 13.0. The minimum absolute atomic E-state index is 0.333. The molecular weight excluding hydrogens is 286 g/mol. The van der Waals surface area contributed by atoms with E-state index in [1.165, 1.54) is 0 Å². The molecule has 0 aliphatic carbocycles. The third-order valence-corrected chi connectivity index (χ3v) is 3.81. The SMILES string of the molecule is COc1ccc(C#N)cc1COc1cc(C)c(Cl)c(C)c1. The summed E-state index contributed by atoms with van der Waals surface area (Å²) in [5.41, 5.74) is 3.37. The molecule has 0 saturated heterocycles. The van der Waals surface area contributed by atoms with Crippen molar-refractivity contribution in [2.24, 2.45) is 0 Å². The zero-order chi connectivity index (χ0) is 15.4. The molecule has 2 aromatic rings. The first kappa shape index (κ1) is 15.2. The first-order valence-corrected chi connectivity index (χ1v) is 6.89. The van der Waals surface area contributed by atoms with Crippen molar-refractivity contribution in [2.45, 2.75) is 20.5 Å². The van der Waals surface area contributed by atoms with Gasteiger partial charge in [-0.3, -0.25) is 0 Å². The van der Waals surface area contributed by atoms with Crippen LogP contribution in [0.25, 0.3) is 0 Å². The lowest BCUT2D eigenvalue weighted by atomic mass is 10.1. The number of ether oxygens (including phenoxy) is 2. The van der Waals surface area contributed by atoms with Crippen molar-refractivity contribution in [2.75, 3.05) is 7.11 Å². The van der Waals surface area contributed by atoms with E-state index < -0.39 is 0 Å². The molecule has 0 aliphatic rings. The number of nitrogens with zero attached hydrogens (tertiary/aromatic N) is 1. The fourth-order valence-electron chi connectivity index (χ4n) is 2.11.